The highest BCUT2D eigenvalue weighted by Gasteiger charge is 2.67. The number of benzene rings is 2. The van der Waals surface area contributed by atoms with Crippen LogP contribution in [0.3, 0.4) is 0 Å². The molecule has 0 aliphatic carbocycles. The fourth-order valence-corrected chi connectivity index (χ4v) is 6.39. The Bertz CT molecular complexity index is 1760. The molecule has 5 rings (SSSR count). The van der Waals surface area contributed by atoms with Crippen LogP contribution in [0.1, 0.15) is 23.2 Å². The van der Waals surface area contributed by atoms with E-state index in [1.807, 2.05) is 0 Å². The zero-order chi connectivity index (χ0) is 30.2. The van der Waals surface area contributed by atoms with Gasteiger partial charge in [0.05, 0.1) is 22.3 Å². The van der Waals surface area contributed by atoms with E-state index in [0.717, 1.165) is 6.07 Å². The Labute approximate surface area is 237 Å². The summed E-state index contributed by atoms with van der Waals surface area (Å²) in [7, 11) is -15.4. The number of hydrogen-bond acceptors (Lipinski definition) is 7. The molecule has 9 nitrogen and oxygen atoms in total. The van der Waals surface area contributed by atoms with Crippen molar-refractivity contribution in [2.24, 2.45) is 5.92 Å². The Morgan fingerprint density at radius 1 is 1.05 bits per heavy atom. The van der Waals surface area contributed by atoms with Crippen molar-refractivity contribution in [3.63, 3.8) is 0 Å². The molecule has 1 saturated heterocycles. The molecule has 0 spiro atoms. The van der Waals surface area contributed by atoms with Crippen LogP contribution in [0, 0.1) is 5.92 Å². The Hall–Kier alpha value is -3.89. The Morgan fingerprint density at radius 3 is 2.52 bits per heavy atom. The molecule has 2 aromatic heterocycles. The van der Waals surface area contributed by atoms with Crippen LogP contribution in [-0.2, 0) is 14.8 Å². The van der Waals surface area contributed by atoms with E-state index in [9.17, 15) is 32.6 Å². The number of pyridine rings is 1. The first-order valence-corrected chi connectivity index (χ1v) is 16.0. The van der Waals surface area contributed by atoms with E-state index in [4.69, 9.17) is 9.47 Å². The summed E-state index contributed by atoms with van der Waals surface area (Å²) >= 11 is 0. The third kappa shape index (κ3) is 6.77. The number of aromatic nitrogens is 2. The number of ether oxygens (including phenoxy) is 2. The van der Waals surface area contributed by atoms with E-state index >= 15 is 0 Å². The smallest absolute Gasteiger partial charge is 0.312 e. The predicted octanol–water partition coefficient (Wildman–Crippen LogP) is 6.97. The molecule has 1 aliphatic rings. The second-order valence-corrected chi connectivity index (χ2v) is 13.7. The lowest BCUT2D eigenvalue weighted by Gasteiger charge is -2.42. The van der Waals surface area contributed by atoms with Gasteiger partial charge in [0, 0.05) is 31.3 Å². The fraction of sp³-hybridized carbons (Fsp3) is 0.231. The SMILES string of the molecule is O=C(NS(=O)(=O)c1ccc(NCC2CCOCC2)c(S(F)(F)(F)(F)F)c1)c1ccccc1Oc1cnc2[nH]ccc2c1. The number of amides is 1. The summed E-state index contributed by atoms with van der Waals surface area (Å²) in [6.07, 6.45) is 4.08. The van der Waals surface area contributed by atoms with Crippen LogP contribution in [0.25, 0.3) is 11.0 Å². The van der Waals surface area contributed by atoms with Gasteiger partial charge in [-0.25, -0.2) is 18.1 Å². The molecule has 0 saturated carbocycles. The van der Waals surface area contributed by atoms with Crippen molar-refractivity contribution < 1.29 is 42.1 Å². The molecule has 2 aromatic carbocycles. The van der Waals surface area contributed by atoms with Gasteiger partial charge < -0.3 is 19.8 Å². The molecular weight excluding hydrogens is 607 g/mol. The van der Waals surface area contributed by atoms with Crippen molar-refractivity contribution >= 4 is 42.9 Å². The monoisotopic (exact) mass is 632 g/mol. The highest BCUT2D eigenvalue weighted by atomic mass is 32.5. The van der Waals surface area contributed by atoms with Gasteiger partial charge in [0.25, 0.3) is 15.9 Å². The van der Waals surface area contributed by atoms with Crippen LogP contribution in [0.2, 0.25) is 0 Å². The van der Waals surface area contributed by atoms with Crippen LogP contribution in [-0.4, -0.2) is 44.1 Å². The summed E-state index contributed by atoms with van der Waals surface area (Å²) in [5.41, 5.74) is -0.661. The summed E-state index contributed by atoms with van der Waals surface area (Å²) in [5.74, 6) is -1.23. The third-order valence-corrected chi connectivity index (χ3v) is 9.06. The molecule has 0 unspecified atom stereocenters. The van der Waals surface area contributed by atoms with Gasteiger partial charge >= 0.3 is 10.2 Å². The molecule has 3 heterocycles. The Balaban J connectivity index is 1.40. The number of aromatic amines is 1. The molecule has 1 fully saturated rings. The second kappa shape index (κ2) is 10.1. The highest BCUT2D eigenvalue weighted by Crippen LogP contribution is 3.02. The first kappa shape index (κ1) is 29.6. The minimum atomic E-state index is -10.4. The van der Waals surface area contributed by atoms with E-state index in [0.29, 0.717) is 43.2 Å². The maximum absolute atomic E-state index is 14.0. The molecule has 3 N–H and O–H groups in total. The predicted molar refractivity (Wildman–Crippen MR) is 147 cm³/mol. The average molecular weight is 633 g/mol. The first-order valence-electron chi connectivity index (χ1n) is 12.6. The minimum Gasteiger partial charge on any atom is -0.455 e. The van der Waals surface area contributed by atoms with E-state index in [1.165, 1.54) is 30.5 Å². The first-order chi connectivity index (χ1) is 19.6. The van der Waals surface area contributed by atoms with E-state index < -0.39 is 41.6 Å². The van der Waals surface area contributed by atoms with Gasteiger partial charge in [0.2, 0.25) is 0 Å². The number of fused-ring (bicyclic) bond motifs is 1. The van der Waals surface area contributed by atoms with Gasteiger partial charge in [-0.15, -0.1) is 0 Å². The number of anilines is 1. The van der Waals surface area contributed by atoms with Crippen LogP contribution >= 0.6 is 10.2 Å². The molecular formula is C26H25F5N4O5S2. The van der Waals surface area contributed by atoms with Crippen LogP contribution in [0.4, 0.5) is 25.1 Å². The van der Waals surface area contributed by atoms with Crippen molar-refractivity contribution in [2.45, 2.75) is 22.6 Å². The Kier molecular flexibility index (Phi) is 7.14. The highest BCUT2D eigenvalue weighted by molar-refractivity contribution is 8.45. The Morgan fingerprint density at radius 2 is 1.79 bits per heavy atom. The summed E-state index contributed by atoms with van der Waals surface area (Å²) in [6.45, 7) is 0.742. The lowest BCUT2D eigenvalue weighted by Crippen LogP contribution is -2.31. The molecule has 226 valence electrons. The maximum Gasteiger partial charge on any atom is 0.312 e. The van der Waals surface area contributed by atoms with Crippen molar-refractivity contribution in [3.05, 3.63) is 72.6 Å². The molecule has 4 aromatic rings. The van der Waals surface area contributed by atoms with Gasteiger partial charge in [-0.05, 0) is 61.2 Å². The quantitative estimate of drug-likeness (QED) is 0.170. The van der Waals surface area contributed by atoms with Gasteiger partial charge in [0.15, 0.2) is 0 Å². The number of hydrogen-bond donors (Lipinski definition) is 3. The van der Waals surface area contributed by atoms with Crippen LogP contribution in [0.5, 0.6) is 11.5 Å². The lowest BCUT2D eigenvalue weighted by molar-refractivity contribution is 0.0699. The second-order valence-electron chi connectivity index (χ2n) is 9.68. The van der Waals surface area contributed by atoms with E-state index in [-0.39, 0.29) is 35.6 Å². The zero-order valence-electron chi connectivity index (χ0n) is 21.7. The topological polar surface area (TPSA) is 122 Å². The maximum atomic E-state index is 14.0. The molecule has 0 bridgehead atoms. The summed E-state index contributed by atoms with van der Waals surface area (Å²) < 4.78 is 109. The van der Waals surface area contributed by atoms with Gasteiger partial charge in [-0.2, -0.15) is 0 Å². The summed E-state index contributed by atoms with van der Waals surface area (Å²) in [6, 6.07) is 10.0. The standard InChI is InChI=1S/C26H25F5N4O5S2/c27-42(28,29,30,31)24-14-20(5-6-22(24)33-15-17-8-11-39-12-9-17)41(37,38)35-26(36)21-3-1-2-4-23(21)40-19-13-18-7-10-32-25(18)34-16-19/h1-7,10,13-14,16-17,33H,8-9,11-12,15H2,(H,32,34)(H,35,36). The van der Waals surface area contributed by atoms with Crippen LogP contribution in [0.15, 0.2) is 76.8 Å². The summed E-state index contributed by atoms with van der Waals surface area (Å²) in [4.78, 5) is 16.5. The van der Waals surface area contributed by atoms with Gasteiger partial charge in [0.1, 0.15) is 22.0 Å². The fourth-order valence-electron chi connectivity index (χ4n) is 4.42. The molecule has 16 heteroatoms. The summed E-state index contributed by atoms with van der Waals surface area (Å²) in [5, 5.41) is 3.09. The molecule has 0 radical (unpaired) electrons. The van der Waals surface area contributed by atoms with Crippen LogP contribution < -0.4 is 14.8 Å². The average Bonchev–Trinajstić information content (AvgIpc) is 3.39. The van der Waals surface area contributed by atoms with Crippen molar-refractivity contribution in [3.8, 4) is 11.5 Å². The van der Waals surface area contributed by atoms with E-state index in [1.54, 1.807) is 23.1 Å². The minimum absolute atomic E-state index is 0.0453. The van der Waals surface area contributed by atoms with Gasteiger partial charge in [-0.1, -0.05) is 31.6 Å². The van der Waals surface area contributed by atoms with Crippen molar-refractivity contribution in [1.82, 2.24) is 14.7 Å². The number of carbonyl (C=O) groups excluding carboxylic acids is 1. The zero-order valence-corrected chi connectivity index (χ0v) is 23.3. The number of nitrogens with zero attached hydrogens (tertiary/aromatic N) is 1. The number of rotatable bonds is 9. The lowest BCUT2D eigenvalue weighted by atomic mass is 10.0. The number of halogens is 5. The number of carbonyl (C=O) groups is 1. The number of sulfonamides is 1. The molecule has 1 aliphatic heterocycles. The number of H-pyrrole nitrogens is 1. The molecule has 42 heavy (non-hydrogen) atoms. The third-order valence-electron chi connectivity index (χ3n) is 6.56. The van der Waals surface area contributed by atoms with Crippen molar-refractivity contribution in [2.75, 3.05) is 25.1 Å². The van der Waals surface area contributed by atoms with E-state index in [2.05, 4.69) is 15.3 Å². The normalized spacial score (nSPS) is 16.4. The molecule has 0 atom stereocenters. The number of para-hydroxylation sites is 1. The number of nitrogens with one attached hydrogen (secondary N) is 3. The largest absolute Gasteiger partial charge is 0.455 e. The molecule has 1 amide bonds. The van der Waals surface area contributed by atoms with Gasteiger partial charge in [-0.3, -0.25) is 4.79 Å². The van der Waals surface area contributed by atoms with Crippen molar-refractivity contribution in [1.29, 1.82) is 0 Å².